The Bertz CT molecular complexity index is 639. The highest BCUT2D eigenvalue weighted by Crippen LogP contribution is 2.47. The minimum absolute atomic E-state index is 0.0758. The number of rotatable bonds is 7. The maximum absolute atomic E-state index is 12.5. The molecule has 2 saturated heterocycles. The third kappa shape index (κ3) is 3.90. The average molecular weight is 365 g/mol. The molecule has 2 amide bonds. The minimum atomic E-state index is -0.380. The average Bonchev–Trinajstić information content (AvgIpc) is 3.10. The number of fused-ring (bicyclic) bond motifs is 1. The van der Waals surface area contributed by atoms with Crippen LogP contribution in [0.25, 0.3) is 0 Å². The molecule has 0 spiro atoms. The van der Waals surface area contributed by atoms with Crippen molar-refractivity contribution in [2.45, 2.75) is 37.2 Å². The van der Waals surface area contributed by atoms with Crippen LogP contribution in [0.1, 0.15) is 25.3 Å². The zero-order valence-electron chi connectivity index (χ0n) is 14.5. The molecule has 2 fully saturated rings. The fourth-order valence-electron chi connectivity index (χ4n) is 3.15. The van der Waals surface area contributed by atoms with Crippen LogP contribution in [-0.4, -0.2) is 58.7 Å². The summed E-state index contributed by atoms with van der Waals surface area (Å²) >= 11 is 1.69. The summed E-state index contributed by atoms with van der Waals surface area (Å²) in [5, 5.41) is 2.92. The van der Waals surface area contributed by atoms with Gasteiger partial charge in [0.2, 0.25) is 17.7 Å². The van der Waals surface area contributed by atoms with E-state index >= 15 is 0 Å². The summed E-state index contributed by atoms with van der Waals surface area (Å²) in [5.74, 6) is 1.15. The largest absolute Gasteiger partial charge is 0.475 e. The standard InChI is InChI=1S/C17H23N3O4S/c1-17-6-5-15(21)20(17)13(11-25-17)16(22)19-10-12-3-4-14(18-9-12)24-8-7-23-2/h3-4,9,13H,5-8,10-11H2,1-2H3,(H,19,22)/t13-,17-/m1/s1. The van der Waals surface area contributed by atoms with Gasteiger partial charge in [-0.2, -0.15) is 0 Å². The summed E-state index contributed by atoms with van der Waals surface area (Å²) in [6.45, 7) is 3.38. The predicted molar refractivity (Wildman–Crippen MR) is 94.2 cm³/mol. The topological polar surface area (TPSA) is 80.8 Å². The molecule has 1 aromatic rings. The first kappa shape index (κ1) is 18.0. The van der Waals surface area contributed by atoms with Gasteiger partial charge in [0.05, 0.1) is 11.5 Å². The molecule has 0 radical (unpaired) electrons. The molecule has 2 aliphatic heterocycles. The smallest absolute Gasteiger partial charge is 0.243 e. The zero-order valence-corrected chi connectivity index (χ0v) is 15.3. The summed E-state index contributed by atoms with van der Waals surface area (Å²) in [7, 11) is 1.61. The van der Waals surface area contributed by atoms with Crippen molar-refractivity contribution in [3.8, 4) is 5.88 Å². The predicted octanol–water partition coefficient (Wildman–Crippen LogP) is 1.18. The maximum Gasteiger partial charge on any atom is 0.243 e. The van der Waals surface area contributed by atoms with Crippen LogP contribution in [0.5, 0.6) is 5.88 Å². The van der Waals surface area contributed by atoms with E-state index in [0.29, 0.717) is 37.8 Å². The van der Waals surface area contributed by atoms with Crippen LogP contribution in [-0.2, 0) is 20.9 Å². The first-order valence-electron chi connectivity index (χ1n) is 8.34. The lowest BCUT2D eigenvalue weighted by atomic mass is 10.2. The Morgan fingerprint density at radius 3 is 3.04 bits per heavy atom. The Kier molecular flexibility index (Phi) is 5.48. The Labute approximate surface area is 151 Å². The minimum Gasteiger partial charge on any atom is -0.475 e. The van der Waals surface area contributed by atoms with E-state index in [-0.39, 0.29) is 22.7 Å². The van der Waals surface area contributed by atoms with Crippen molar-refractivity contribution in [1.29, 1.82) is 0 Å². The summed E-state index contributed by atoms with van der Waals surface area (Å²) in [6.07, 6.45) is 3.02. The fraction of sp³-hybridized carbons (Fsp3) is 0.588. The molecule has 136 valence electrons. The number of nitrogens with zero attached hydrogens (tertiary/aromatic N) is 2. The van der Waals surface area contributed by atoms with E-state index in [0.717, 1.165) is 12.0 Å². The third-order valence-electron chi connectivity index (χ3n) is 4.55. The van der Waals surface area contributed by atoms with E-state index < -0.39 is 0 Å². The second-order valence-electron chi connectivity index (χ2n) is 6.33. The van der Waals surface area contributed by atoms with E-state index in [9.17, 15) is 9.59 Å². The van der Waals surface area contributed by atoms with Crippen molar-refractivity contribution in [3.05, 3.63) is 23.9 Å². The SMILES string of the molecule is COCCOc1ccc(CNC(=O)[C@H]2CS[C@]3(C)CCC(=O)N23)cn1. The van der Waals surface area contributed by atoms with E-state index in [4.69, 9.17) is 9.47 Å². The number of amides is 2. The van der Waals surface area contributed by atoms with Crippen molar-refractivity contribution in [2.75, 3.05) is 26.1 Å². The van der Waals surface area contributed by atoms with Gasteiger partial charge in [-0.1, -0.05) is 6.07 Å². The first-order chi connectivity index (χ1) is 12.0. The van der Waals surface area contributed by atoms with Crippen molar-refractivity contribution in [1.82, 2.24) is 15.2 Å². The molecular weight excluding hydrogens is 342 g/mol. The quantitative estimate of drug-likeness (QED) is 0.731. The van der Waals surface area contributed by atoms with Crippen LogP contribution in [0, 0.1) is 0 Å². The van der Waals surface area contributed by atoms with Crippen molar-refractivity contribution in [2.24, 2.45) is 0 Å². The number of aromatic nitrogens is 1. The number of hydrogen-bond donors (Lipinski definition) is 1. The first-order valence-corrected chi connectivity index (χ1v) is 9.32. The normalized spacial score (nSPS) is 25.1. The number of nitrogens with one attached hydrogen (secondary N) is 1. The molecule has 0 aromatic carbocycles. The highest BCUT2D eigenvalue weighted by molar-refractivity contribution is 8.01. The number of pyridine rings is 1. The van der Waals surface area contributed by atoms with Gasteiger partial charge < -0.3 is 19.7 Å². The molecule has 0 aliphatic carbocycles. The summed E-state index contributed by atoms with van der Waals surface area (Å²) in [5.41, 5.74) is 0.883. The molecule has 3 rings (SSSR count). The second-order valence-corrected chi connectivity index (χ2v) is 7.83. The van der Waals surface area contributed by atoms with Crippen LogP contribution < -0.4 is 10.1 Å². The van der Waals surface area contributed by atoms with Crippen LogP contribution in [0.15, 0.2) is 18.3 Å². The van der Waals surface area contributed by atoms with Crippen molar-refractivity contribution < 1.29 is 19.1 Å². The van der Waals surface area contributed by atoms with E-state index in [1.807, 2.05) is 13.0 Å². The van der Waals surface area contributed by atoms with Crippen molar-refractivity contribution >= 4 is 23.6 Å². The Balaban J connectivity index is 1.52. The number of hydrogen-bond acceptors (Lipinski definition) is 6. The molecule has 0 bridgehead atoms. The van der Waals surface area contributed by atoms with Gasteiger partial charge in [-0.25, -0.2) is 4.98 Å². The molecule has 1 N–H and O–H groups in total. The van der Waals surface area contributed by atoms with Gasteiger partial charge in [0, 0.05) is 38.1 Å². The molecule has 25 heavy (non-hydrogen) atoms. The second kappa shape index (κ2) is 7.61. The lowest BCUT2D eigenvalue weighted by Crippen LogP contribution is -2.49. The number of methoxy groups -OCH3 is 1. The van der Waals surface area contributed by atoms with Gasteiger partial charge in [0.25, 0.3) is 0 Å². The van der Waals surface area contributed by atoms with E-state index in [1.54, 1.807) is 36.0 Å². The fourth-order valence-corrected chi connectivity index (χ4v) is 4.58. The van der Waals surface area contributed by atoms with Crippen LogP contribution >= 0.6 is 11.8 Å². The van der Waals surface area contributed by atoms with E-state index in [2.05, 4.69) is 10.3 Å². The van der Waals surface area contributed by atoms with Gasteiger partial charge in [0.1, 0.15) is 12.6 Å². The van der Waals surface area contributed by atoms with Gasteiger partial charge in [-0.05, 0) is 18.9 Å². The van der Waals surface area contributed by atoms with E-state index in [1.165, 1.54) is 0 Å². The molecule has 1 aromatic heterocycles. The summed E-state index contributed by atoms with van der Waals surface area (Å²) in [6, 6.07) is 3.25. The lowest BCUT2D eigenvalue weighted by Gasteiger charge is -2.29. The van der Waals surface area contributed by atoms with Crippen LogP contribution in [0.4, 0.5) is 0 Å². The molecule has 3 heterocycles. The molecule has 0 saturated carbocycles. The maximum atomic E-state index is 12.5. The van der Waals surface area contributed by atoms with Crippen LogP contribution in [0.2, 0.25) is 0 Å². The lowest BCUT2D eigenvalue weighted by molar-refractivity contribution is -0.138. The Morgan fingerprint density at radius 2 is 2.32 bits per heavy atom. The van der Waals surface area contributed by atoms with Crippen LogP contribution in [0.3, 0.4) is 0 Å². The summed E-state index contributed by atoms with van der Waals surface area (Å²) in [4.78, 5) is 30.4. The molecular formula is C17H23N3O4S. The zero-order chi connectivity index (χ0) is 17.9. The van der Waals surface area contributed by atoms with Gasteiger partial charge in [-0.15, -0.1) is 11.8 Å². The third-order valence-corrected chi connectivity index (χ3v) is 6.05. The Morgan fingerprint density at radius 1 is 1.48 bits per heavy atom. The van der Waals surface area contributed by atoms with Gasteiger partial charge in [0.15, 0.2) is 0 Å². The number of ether oxygens (including phenoxy) is 2. The van der Waals surface area contributed by atoms with Gasteiger partial charge in [-0.3, -0.25) is 9.59 Å². The molecule has 0 unspecified atom stereocenters. The Hall–Kier alpha value is -1.80. The molecule has 7 nitrogen and oxygen atoms in total. The van der Waals surface area contributed by atoms with Gasteiger partial charge >= 0.3 is 0 Å². The number of thioether (sulfide) groups is 1. The highest BCUT2D eigenvalue weighted by Gasteiger charge is 2.52. The molecule has 2 atom stereocenters. The highest BCUT2D eigenvalue weighted by atomic mass is 32.2. The van der Waals surface area contributed by atoms with Crippen molar-refractivity contribution in [3.63, 3.8) is 0 Å². The monoisotopic (exact) mass is 365 g/mol. The number of carbonyl (C=O) groups is 2. The summed E-state index contributed by atoms with van der Waals surface area (Å²) < 4.78 is 10.3. The number of carbonyl (C=O) groups excluding carboxylic acids is 2. The molecule has 2 aliphatic rings. The molecule has 8 heteroatoms.